The first kappa shape index (κ1) is 16.1. The van der Waals surface area contributed by atoms with Crippen LogP contribution in [0.25, 0.3) is 5.78 Å². The average molecular weight is 343 g/mol. The van der Waals surface area contributed by atoms with Crippen LogP contribution < -0.4 is 4.31 Å². The van der Waals surface area contributed by atoms with E-state index in [4.69, 9.17) is 0 Å². The normalized spacial score (nSPS) is 11.6. The number of aryl methyl sites for hydroxylation is 2. The Morgan fingerprint density at radius 3 is 2.58 bits per heavy atom. The van der Waals surface area contributed by atoms with E-state index in [0.717, 1.165) is 15.7 Å². The third-order valence-electron chi connectivity index (χ3n) is 3.46. The van der Waals surface area contributed by atoms with E-state index in [1.165, 1.54) is 22.7 Å². The Kier molecular flexibility index (Phi) is 4.06. The molecular weight excluding hydrogens is 326 g/mol. The summed E-state index contributed by atoms with van der Waals surface area (Å²) in [4.78, 5) is 8.75. The zero-order chi connectivity index (χ0) is 17.3. The van der Waals surface area contributed by atoms with Gasteiger partial charge in [0, 0.05) is 11.4 Å². The van der Waals surface area contributed by atoms with Crippen LogP contribution in [0.5, 0.6) is 0 Å². The fourth-order valence-electron chi connectivity index (χ4n) is 2.39. The fourth-order valence-corrected chi connectivity index (χ4v) is 3.74. The molecule has 0 bridgehead atoms. The van der Waals surface area contributed by atoms with Crippen LogP contribution in [0.4, 0.5) is 5.95 Å². The first-order valence-corrected chi connectivity index (χ1v) is 8.77. The van der Waals surface area contributed by atoms with Crippen molar-refractivity contribution < 1.29 is 8.42 Å². The van der Waals surface area contributed by atoms with Crippen molar-refractivity contribution in [2.45, 2.75) is 18.7 Å². The largest absolute Gasteiger partial charge is 0.266 e. The Morgan fingerprint density at radius 2 is 1.92 bits per heavy atom. The second-order valence-electron chi connectivity index (χ2n) is 5.30. The number of rotatable bonds is 5. The summed E-state index contributed by atoms with van der Waals surface area (Å²) in [5.41, 5.74) is 1.62. The lowest BCUT2D eigenvalue weighted by molar-refractivity contribution is 0.591. The third-order valence-corrected chi connectivity index (χ3v) is 5.22. The van der Waals surface area contributed by atoms with Crippen LogP contribution in [0.1, 0.15) is 11.4 Å². The minimum Gasteiger partial charge on any atom is -0.228 e. The molecule has 2 heterocycles. The second kappa shape index (κ2) is 6.04. The van der Waals surface area contributed by atoms with E-state index in [9.17, 15) is 8.42 Å². The van der Waals surface area contributed by atoms with E-state index in [2.05, 4.69) is 21.6 Å². The van der Waals surface area contributed by atoms with Crippen molar-refractivity contribution in [1.29, 1.82) is 0 Å². The molecule has 124 valence electrons. The number of sulfonamides is 1. The molecule has 8 heteroatoms. The molecule has 24 heavy (non-hydrogen) atoms. The summed E-state index contributed by atoms with van der Waals surface area (Å²) < 4.78 is 28.5. The molecule has 0 atom stereocenters. The molecule has 0 aliphatic carbocycles. The minimum absolute atomic E-state index is 0.0616. The first-order chi connectivity index (χ1) is 11.4. The molecular formula is C16H17N5O2S. The smallest absolute Gasteiger partial charge is 0.228 e. The van der Waals surface area contributed by atoms with Crippen LogP contribution in [-0.4, -0.2) is 34.5 Å². The maximum atomic E-state index is 12.9. The highest BCUT2D eigenvalue weighted by Crippen LogP contribution is 2.21. The molecule has 3 rings (SSSR count). The molecule has 0 unspecified atom stereocenters. The van der Waals surface area contributed by atoms with Crippen molar-refractivity contribution in [2.75, 3.05) is 10.8 Å². The van der Waals surface area contributed by atoms with Gasteiger partial charge in [0.2, 0.25) is 0 Å². The van der Waals surface area contributed by atoms with Crippen molar-refractivity contribution in [2.24, 2.45) is 0 Å². The SMILES string of the molecule is C=CCN(c1nc2nc(C)cc(C)n2n1)S(=O)(=O)c1ccccc1. The predicted molar refractivity (Wildman–Crippen MR) is 91.4 cm³/mol. The third kappa shape index (κ3) is 2.76. The molecule has 0 spiro atoms. The van der Waals surface area contributed by atoms with Crippen molar-refractivity contribution >= 4 is 21.7 Å². The zero-order valence-electron chi connectivity index (χ0n) is 13.4. The highest BCUT2D eigenvalue weighted by atomic mass is 32.2. The quantitative estimate of drug-likeness (QED) is 0.663. The maximum absolute atomic E-state index is 12.9. The fraction of sp³-hybridized carbons (Fsp3) is 0.188. The monoisotopic (exact) mass is 343 g/mol. The molecule has 0 fully saturated rings. The van der Waals surface area contributed by atoms with E-state index < -0.39 is 10.0 Å². The summed E-state index contributed by atoms with van der Waals surface area (Å²) in [7, 11) is -3.79. The van der Waals surface area contributed by atoms with E-state index in [0.29, 0.717) is 5.78 Å². The molecule has 0 radical (unpaired) electrons. The van der Waals surface area contributed by atoms with Crippen LogP contribution in [0, 0.1) is 13.8 Å². The number of nitrogens with zero attached hydrogens (tertiary/aromatic N) is 5. The molecule has 0 amide bonds. The molecule has 2 aromatic heterocycles. The van der Waals surface area contributed by atoms with Gasteiger partial charge in [-0.3, -0.25) is 0 Å². The highest BCUT2D eigenvalue weighted by Gasteiger charge is 2.27. The average Bonchev–Trinajstić information content (AvgIpc) is 2.97. The van der Waals surface area contributed by atoms with Crippen molar-refractivity contribution in [3.8, 4) is 0 Å². The predicted octanol–water partition coefficient (Wildman–Crippen LogP) is 2.12. The molecule has 0 aliphatic heterocycles. The number of aromatic nitrogens is 4. The van der Waals surface area contributed by atoms with Gasteiger partial charge in [-0.1, -0.05) is 24.3 Å². The molecule has 0 saturated heterocycles. The van der Waals surface area contributed by atoms with Gasteiger partial charge in [0.1, 0.15) is 0 Å². The van der Waals surface area contributed by atoms with E-state index >= 15 is 0 Å². The van der Waals surface area contributed by atoms with Crippen LogP contribution in [0.15, 0.2) is 53.9 Å². The number of hydrogen-bond donors (Lipinski definition) is 0. The van der Waals surface area contributed by atoms with Crippen LogP contribution in [0.3, 0.4) is 0 Å². The van der Waals surface area contributed by atoms with Gasteiger partial charge in [0.05, 0.1) is 11.4 Å². The van der Waals surface area contributed by atoms with Crippen molar-refractivity contribution in [1.82, 2.24) is 19.6 Å². The Balaban J connectivity index is 2.16. The number of anilines is 1. The van der Waals surface area contributed by atoms with Gasteiger partial charge < -0.3 is 0 Å². The number of benzene rings is 1. The Hall–Kier alpha value is -2.74. The Morgan fingerprint density at radius 1 is 1.21 bits per heavy atom. The summed E-state index contributed by atoms with van der Waals surface area (Å²) in [5.74, 6) is 0.430. The van der Waals surface area contributed by atoms with Crippen LogP contribution in [-0.2, 0) is 10.0 Å². The Bertz CT molecular complexity index is 996. The summed E-state index contributed by atoms with van der Waals surface area (Å²) in [5, 5.41) is 4.31. The van der Waals surface area contributed by atoms with Crippen molar-refractivity contribution in [3.63, 3.8) is 0 Å². The van der Waals surface area contributed by atoms with Crippen molar-refractivity contribution in [3.05, 3.63) is 60.4 Å². The lowest BCUT2D eigenvalue weighted by Gasteiger charge is -2.18. The van der Waals surface area contributed by atoms with Gasteiger partial charge in [-0.2, -0.15) is 9.50 Å². The standard InChI is InChI=1S/C16H17N5O2S/c1-4-10-20(24(22,23)14-8-6-5-7-9-14)16-18-15-17-12(2)11-13(3)21(15)19-16/h4-9,11H,1,10H2,2-3H3. The molecule has 3 aromatic rings. The minimum atomic E-state index is -3.79. The maximum Gasteiger partial charge on any atom is 0.266 e. The van der Waals surface area contributed by atoms with Gasteiger partial charge in [-0.15, -0.1) is 11.7 Å². The topological polar surface area (TPSA) is 80.5 Å². The van der Waals surface area contributed by atoms with E-state index in [1.807, 2.05) is 19.9 Å². The first-order valence-electron chi connectivity index (χ1n) is 7.33. The lowest BCUT2D eigenvalue weighted by Crippen LogP contribution is -2.32. The summed E-state index contributed by atoms with van der Waals surface area (Å²) in [6.45, 7) is 7.41. The molecule has 0 saturated carbocycles. The molecule has 0 aliphatic rings. The van der Waals surface area contributed by atoms with Gasteiger partial charge in [0.25, 0.3) is 21.7 Å². The molecule has 7 nitrogen and oxygen atoms in total. The molecule has 1 aromatic carbocycles. The van der Waals surface area contributed by atoms with E-state index in [-0.39, 0.29) is 17.4 Å². The Labute approximate surface area is 140 Å². The van der Waals surface area contributed by atoms with E-state index in [1.54, 1.807) is 18.2 Å². The summed E-state index contributed by atoms with van der Waals surface area (Å²) >= 11 is 0. The highest BCUT2D eigenvalue weighted by molar-refractivity contribution is 7.92. The summed E-state index contributed by atoms with van der Waals surface area (Å²) in [6.07, 6.45) is 1.50. The van der Waals surface area contributed by atoms with Crippen LogP contribution >= 0.6 is 0 Å². The summed E-state index contributed by atoms with van der Waals surface area (Å²) in [6, 6.07) is 10.0. The number of fused-ring (bicyclic) bond motifs is 1. The molecule has 0 N–H and O–H groups in total. The van der Waals surface area contributed by atoms with Gasteiger partial charge in [0.15, 0.2) is 0 Å². The lowest BCUT2D eigenvalue weighted by atomic mass is 10.4. The number of hydrogen-bond acceptors (Lipinski definition) is 5. The van der Waals surface area contributed by atoms with Gasteiger partial charge in [-0.05, 0) is 32.0 Å². The second-order valence-corrected chi connectivity index (χ2v) is 7.16. The zero-order valence-corrected chi connectivity index (χ0v) is 14.2. The van der Waals surface area contributed by atoms with Crippen LogP contribution in [0.2, 0.25) is 0 Å². The van der Waals surface area contributed by atoms with Gasteiger partial charge in [-0.25, -0.2) is 17.7 Å². The van der Waals surface area contributed by atoms with Gasteiger partial charge >= 0.3 is 0 Å².